The smallest absolute Gasteiger partial charge is 0.140 e. The molecule has 0 radical (unpaired) electrons. The van der Waals surface area contributed by atoms with Gasteiger partial charge in [0.1, 0.15) is 16.7 Å². The number of halogens is 1. The third-order valence-electron chi connectivity index (χ3n) is 5.46. The van der Waals surface area contributed by atoms with Gasteiger partial charge in [0.2, 0.25) is 0 Å². The highest BCUT2D eigenvalue weighted by Gasteiger charge is 2.14. The van der Waals surface area contributed by atoms with Crippen molar-refractivity contribution in [3.8, 4) is 5.75 Å². The van der Waals surface area contributed by atoms with Gasteiger partial charge in [-0.2, -0.15) is 0 Å². The highest BCUT2D eigenvalue weighted by atomic mass is 35.5. The summed E-state index contributed by atoms with van der Waals surface area (Å²) in [4.78, 5) is 11.6. The molecule has 2 N–H and O–H groups in total. The largest absolute Gasteiger partial charge is 0.508 e. The number of hydrogen-bond donors (Lipinski definition) is 2. The van der Waals surface area contributed by atoms with Crippen LogP contribution in [0.4, 0.5) is 11.5 Å². The van der Waals surface area contributed by atoms with Crippen LogP contribution in [0.5, 0.6) is 5.75 Å². The second kappa shape index (κ2) is 8.46. The van der Waals surface area contributed by atoms with Gasteiger partial charge in [0, 0.05) is 28.6 Å². The molecule has 6 heteroatoms. The molecule has 0 saturated carbocycles. The van der Waals surface area contributed by atoms with Gasteiger partial charge in [0.05, 0.1) is 11.2 Å². The summed E-state index contributed by atoms with van der Waals surface area (Å²) in [6, 6.07) is 15.5. The topological polar surface area (TPSA) is 61.3 Å². The average Bonchev–Trinajstić information content (AvgIpc) is 2.73. The van der Waals surface area contributed by atoms with Crippen LogP contribution in [0.25, 0.3) is 21.7 Å². The Morgan fingerprint density at radius 1 is 1.00 bits per heavy atom. The molecular weight excluding hydrogens is 396 g/mol. The van der Waals surface area contributed by atoms with Crippen LogP contribution >= 0.6 is 11.6 Å². The molecule has 0 amide bonds. The zero-order valence-corrected chi connectivity index (χ0v) is 18.2. The van der Waals surface area contributed by atoms with Crippen molar-refractivity contribution < 1.29 is 5.11 Å². The minimum absolute atomic E-state index is 0.299. The number of phenols is 1. The van der Waals surface area contributed by atoms with E-state index in [-0.39, 0.29) is 0 Å². The molecule has 154 valence electrons. The SMILES string of the molecule is CCN(CC)Cc1cc(Nc2nc3ccccc3c3cc(Cl)nc(C)c23)ccc1O. The van der Waals surface area contributed by atoms with E-state index >= 15 is 0 Å². The Morgan fingerprint density at radius 3 is 2.53 bits per heavy atom. The van der Waals surface area contributed by atoms with E-state index in [0.29, 0.717) is 17.4 Å². The fourth-order valence-corrected chi connectivity index (χ4v) is 4.06. The molecule has 0 aliphatic carbocycles. The first-order valence-electron chi connectivity index (χ1n) is 10.2. The summed E-state index contributed by atoms with van der Waals surface area (Å²) in [5.41, 5.74) is 3.46. The standard InChI is InChI=1S/C24H25ClN4O/c1-4-29(5-2)14-16-12-17(10-11-21(16)30)27-24-23-15(3)26-22(25)13-19(23)18-8-6-7-9-20(18)28-24/h6-13,30H,4-5,14H2,1-3H3,(H,27,28). The maximum absolute atomic E-state index is 10.3. The number of aromatic hydroxyl groups is 1. The molecule has 2 aromatic carbocycles. The van der Waals surface area contributed by atoms with Crippen molar-refractivity contribution in [3.05, 3.63) is 64.9 Å². The molecule has 0 spiro atoms. The molecule has 4 rings (SSSR count). The molecule has 30 heavy (non-hydrogen) atoms. The van der Waals surface area contributed by atoms with E-state index in [4.69, 9.17) is 16.6 Å². The quantitative estimate of drug-likeness (QED) is 0.226. The maximum atomic E-state index is 10.3. The van der Waals surface area contributed by atoms with Gasteiger partial charge >= 0.3 is 0 Å². The minimum Gasteiger partial charge on any atom is -0.508 e. The number of aromatic nitrogens is 2. The molecular formula is C24H25ClN4O. The first-order chi connectivity index (χ1) is 14.5. The van der Waals surface area contributed by atoms with E-state index in [1.807, 2.05) is 49.4 Å². The van der Waals surface area contributed by atoms with E-state index in [2.05, 4.69) is 29.0 Å². The first-order valence-corrected chi connectivity index (χ1v) is 10.5. The third kappa shape index (κ3) is 3.91. The van der Waals surface area contributed by atoms with Crippen molar-refractivity contribution >= 4 is 44.8 Å². The monoisotopic (exact) mass is 420 g/mol. The molecule has 0 bridgehead atoms. The van der Waals surface area contributed by atoms with Gasteiger partial charge in [0.25, 0.3) is 0 Å². The summed E-state index contributed by atoms with van der Waals surface area (Å²) in [5.74, 6) is 1.03. The van der Waals surface area contributed by atoms with Crippen molar-refractivity contribution in [1.29, 1.82) is 0 Å². The summed E-state index contributed by atoms with van der Waals surface area (Å²) in [6.07, 6.45) is 0. The van der Waals surface area contributed by atoms with Gasteiger partial charge in [-0.25, -0.2) is 9.97 Å². The Kier molecular flexibility index (Phi) is 5.75. The molecule has 0 atom stereocenters. The van der Waals surface area contributed by atoms with Gasteiger partial charge in [-0.15, -0.1) is 0 Å². The Hall–Kier alpha value is -2.89. The van der Waals surface area contributed by atoms with Crippen LogP contribution in [0, 0.1) is 6.92 Å². The second-order valence-corrected chi connectivity index (χ2v) is 7.75. The van der Waals surface area contributed by atoms with Crippen LogP contribution in [0.1, 0.15) is 25.1 Å². The summed E-state index contributed by atoms with van der Waals surface area (Å²) < 4.78 is 0. The number of pyridine rings is 2. The number of rotatable bonds is 6. The van der Waals surface area contributed by atoms with Crippen molar-refractivity contribution in [1.82, 2.24) is 14.9 Å². The molecule has 0 fully saturated rings. The third-order valence-corrected chi connectivity index (χ3v) is 5.66. The molecule has 0 saturated heterocycles. The van der Waals surface area contributed by atoms with E-state index in [1.54, 1.807) is 6.07 Å². The van der Waals surface area contributed by atoms with Crippen LogP contribution < -0.4 is 5.32 Å². The van der Waals surface area contributed by atoms with E-state index in [1.165, 1.54) is 0 Å². The predicted molar refractivity (Wildman–Crippen MR) is 125 cm³/mol. The van der Waals surface area contributed by atoms with Gasteiger partial charge in [0.15, 0.2) is 0 Å². The number of hydrogen-bond acceptors (Lipinski definition) is 5. The fraction of sp³-hybridized carbons (Fsp3) is 0.250. The molecule has 2 heterocycles. The van der Waals surface area contributed by atoms with Crippen LogP contribution in [-0.2, 0) is 6.54 Å². The van der Waals surface area contributed by atoms with Crippen molar-refractivity contribution in [2.75, 3.05) is 18.4 Å². The first kappa shape index (κ1) is 20.4. The highest BCUT2D eigenvalue weighted by molar-refractivity contribution is 6.30. The van der Waals surface area contributed by atoms with Gasteiger partial charge in [-0.3, -0.25) is 4.90 Å². The van der Waals surface area contributed by atoms with Crippen LogP contribution in [0.15, 0.2) is 48.5 Å². The lowest BCUT2D eigenvalue weighted by Gasteiger charge is -2.19. The Morgan fingerprint density at radius 2 is 1.77 bits per heavy atom. The zero-order valence-electron chi connectivity index (χ0n) is 17.4. The lowest BCUT2D eigenvalue weighted by atomic mass is 10.1. The van der Waals surface area contributed by atoms with Crippen LogP contribution in [0.2, 0.25) is 5.15 Å². The van der Waals surface area contributed by atoms with Crippen LogP contribution in [0.3, 0.4) is 0 Å². The van der Waals surface area contributed by atoms with E-state index in [9.17, 15) is 5.11 Å². The summed E-state index contributed by atoms with van der Waals surface area (Å²) >= 11 is 6.27. The summed E-state index contributed by atoms with van der Waals surface area (Å²) in [6.45, 7) is 8.73. The number of anilines is 2. The zero-order chi connectivity index (χ0) is 21.3. The minimum atomic E-state index is 0.299. The van der Waals surface area contributed by atoms with Gasteiger partial charge in [-0.05, 0) is 55.7 Å². The number of nitrogens with zero attached hydrogens (tertiary/aromatic N) is 3. The maximum Gasteiger partial charge on any atom is 0.140 e. The van der Waals surface area contributed by atoms with Gasteiger partial charge in [-0.1, -0.05) is 43.6 Å². The summed E-state index contributed by atoms with van der Waals surface area (Å²) in [7, 11) is 0. The number of nitrogens with one attached hydrogen (secondary N) is 1. The molecule has 0 aliphatic rings. The van der Waals surface area contributed by atoms with E-state index < -0.39 is 0 Å². The normalized spacial score (nSPS) is 11.5. The molecule has 0 unspecified atom stereocenters. The number of phenolic OH excluding ortho intramolecular Hbond substituents is 1. The number of fused-ring (bicyclic) bond motifs is 3. The lowest BCUT2D eigenvalue weighted by Crippen LogP contribution is -2.22. The number of benzene rings is 2. The molecule has 4 aromatic rings. The number of para-hydroxylation sites is 1. The predicted octanol–water partition coefficient (Wildman–Crippen LogP) is 6.04. The fourth-order valence-electron chi connectivity index (χ4n) is 3.83. The van der Waals surface area contributed by atoms with Crippen molar-refractivity contribution in [2.24, 2.45) is 0 Å². The number of aryl methyl sites for hydroxylation is 1. The molecule has 2 aromatic heterocycles. The second-order valence-electron chi connectivity index (χ2n) is 7.36. The van der Waals surface area contributed by atoms with Crippen molar-refractivity contribution in [2.45, 2.75) is 27.3 Å². The average molecular weight is 421 g/mol. The van der Waals surface area contributed by atoms with Crippen LogP contribution in [-0.4, -0.2) is 33.1 Å². The summed E-state index contributed by atoms with van der Waals surface area (Å²) in [5, 5.41) is 17.3. The van der Waals surface area contributed by atoms with Gasteiger partial charge < -0.3 is 10.4 Å². The van der Waals surface area contributed by atoms with E-state index in [0.717, 1.165) is 57.5 Å². The highest BCUT2D eigenvalue weighted by Crippen LogP contribution is 2.34. The Labute approximate surface area is 181 Å². The van der Waals surface area contributed by atoms with Crippen molar-refractivity contribution in [3.63, 3.8) is 0 Å². The Balaban J connectivity index is 1.82. The molecule has 0 aliphatic heterocycles. The molecule has 5 nitrogen and oxygen atoms in total. The Bertz CT molecular complexity index is 1220. The lowest BCUT2D eigenvalue weighted by molar-refractivity contribution is 0.291.